The van der Waals surface area contributed by atoms with Gasteiger partial charge in [-0.15, -0.1) is 0 Å². The van der Waals surface area contributed by atoms with E-state index in [0.29, 0.717) is 0 Å². The molecule has 2 aromatic heterocycles. The molecule has 0 spiro atoms. The van der Waals surface area contributed by atoms with E-state index in [0.717, 1.165) is 32.8 Å². The summed E-state index contributed by atoms with van der Waals surface area (Å²) in [6.45, 7) is 2.19. The molecule has 3 heterocycles. The summed E-state index contributed by atoms with van der Waals surface area (Å²) in [6, 6.07) is 15.2. The highest BCUT2D eigenvalue weighted by Crippen LogP contribution is 2.39. The average molecular weight is 408 g/mol. The Morgan fingerprint density at radius 2 is 1.85 bits per heavy atom. The van der Waals surface area contributed by atoms with Crippen molar-refractivity contribution in [3.05, 3.63) is 83.0 Å². The second-order valence-corrected chi connectivity index (χ2v) is 7.44. The zero-order valence-corrected chi connectivity index (χ0v) is 15.6. The first-order valence-electron chi connectivity index (χ1n) is 8.43. The van der Waals surface area contributed by atoms with Gasteiger partial charge in [0.15, 0.2) is 5.82 Å². The SMILES string of the molecule is CC1c2cc(Br)ccc2-n2ccnc2-c2cc(-c3ccc(F)cc3)cn21. The molecule has 0 amide bonds. The van der Waals surface area contributed by atoms with Crippen molar-refractivity contribution in [2.24, 2.45) is 0 Å². The molecule has 0 saturated carbocycles. The van der Waals surface area contributed by atoms with E-state index < -0.39 is 0 Å². The summed E-state index contributed by atoms with van der Waals surface area (Å²) >= 11 is 3.59. The molecule has 5 heteroatoms. The third kappa shape index (κ3) is 2.27. The molecule has 2 aromatic carbocycles. The largest absolute Gasteiger partial charge is 0.337 e. The smallest absolute Gasteiger partial charge is 0.161 e. The van der Waals surface area contributed by atoms with Gasteiger partial charge in [0.05, 0.1) is 17.4 Å². The lowest BCUT2D eigenvalue weighted by molar-refractivity contribution is 0.628. The number of fused-ring (bicyclic) bond motifs is 5. The predicted octanol–water partition coefficient (Wildman–Crippen LogP) is 5.83. The highest BCUT2D eigenvalue weighted by Gasteiger charge is 2.25. The Morgan fingerprint density at radius 3 is 2.65 bits per heavy atom. The molecule has 1 aliphatic heterocycles. The van der Waals surface area contributed by atoms with Crippen molar-refractivity contribution in [3.63, 3.8) is 0 Å². The average Bonchev–Trinajstić information content (AvgIpc) is 3.26. The summed E-state index contributed by atoms with van der Waals surface area (Å²) in [5, 5.41) is 0. The molecule has 1 aliphatic rings. The van der Waals surface area contributed by atoms with E-state index in [-0.39, 0.29) is 11.9 Å². The maximum Gasteiger partial charge on any atom is 0.161 e. The van der Waals surface area contributed by atoms with Crippen molar-refractivity contribution in [1.29, 1.82) is 0 Å². The molecule has 0 bridgehead atoms. The Labute approximate surface area is 158 Å². The Balaban J connectivity index is 1.76. The zero-order valence-electron chi connectivity index (χ0n) is 14.0. The molecule has 3 nitrogen and oxygen atoms in total. The normalized spacial score (nSPS) is 15.1. The number of nitrogens with zero attached hydrogens (tertiary/aromatic N) is 3. The van der Waals surface area contributed by atoms with Crippen LogP contribution in [0.15, 0.2) is 71.6 Å². The Kier molecular flexibility index (Phi) is 3.40. The number of rotatable bonds is 1. The number of benzene rings is 2. The van der Waals surface area contributed by atoms with Gasteiger partial charge in [-0.3, -0.25) is 4.57 Å². The molecule has 128 valence electrons. The fourth-order valence-electron chi connectivity index (χ4n) is 3.70. The fourth-order valence-corrected chi connectivity index (χ4v) is 4.07. The molecule has 5 rings (SSSR count). The maximum atomic E-state index is 13.3. The van der Waals surface area contributed by atoms with Crippen molar-refractivity contribution in [2.75, 3.05) is 0 Å². The zero-order chi connectivity index (χ0) is 17.8. The van der Waals surface area contributed by atoms with Crippen LogP contribution >= 0.6 is 15.9 Å². The molecule has 0 fully saturated rings. The van der Waals surface area contributed by atoms with E-state index in [1.807, 2.05) is 24.5 Å². The van der Waals surface area contributed by atoms with Crippen LogP contribution in [0.4, 0.5) is 4.39 Å². The van der Waals surface area contributed by atoms with Gasteiger partial charge in [0.25, 0.3) is 0 Å². The summed E-state index contributed by atoms with van der Waals surface area (Å²) in [5.41, 5.74) is 5.46. The third-order valence-corrected chi connectivity index (χ3v) is 5.51. The van der Waals surface area contributed by atoms with Gasteiger partial charge in [-0.2, -0.15) is 0 Å². The van der Waals surface area contributed by atoms with Crippen LogP contribution in [-0.2, 0) is 0 Å². The van der Waals surface area contributed by atoms with Gasteiger partial charge in [-0.1, -0.05) is 28.1 Å². The molecule has 0 N–H and O–H groups in total. The van der Waals surface area contributed by atoms with Crippen molar-refractivity contribution >= 4 is 15.9 Å². The van der Waals surface area contributed by atoms with Gasteiger partial charge in [-0.25, -0.2) is 9.37 Å². The van der Waals surface area contributed by atoms with Crippen LogP contribution < -0.4 is 0 Å². The highest BCUT2D eigenvalue weighted by molar-refractivity contribution is 9.10. The number of hydrogen-bond donors (Lipinski definition) is 0. The molecule has 1 unspecified atom stereocenters. The van der Waals surface area contributed by atoms with Gasteiger partial charge >= 0.3 is 0 Å². The number of aromatic nitrogens is 3. The Hall–Kier alpha value is -2.66. The number of imidazole rings is 1. The first-order valence-corrected chi connectivity index (χ1v) is 9.22. The summed E-state index contributed by atoms with van der Waals surface area (Å²) < 4.78 is 18.7. The molecule has 0 aliphatic carbocycles. The minimum atomic E-state index is -0.225. The third-order valence-electron chi connectivity index (χ3n) is 5.01. The molecular weight excluding hydrogens is 393 g/mol. The Morgan fingerprint density at radius 1 is 1.04 bits per heavy atom. The molecule has 0 radical (unpaired) electrons. The fraction of sp³-hybridized carbons (Fsp3) is 0.0952. The van der Waals surface area contributed by atoms with Crippen LogP contribution in [0.3, 0.4) is 0 Å². The molecule has 26 heavy (non-hydrogen) atoms. The summed E-state index contributed by atoms with van der Waals surface area (Å²) in [6.07, 6.45) is 5.95. The lowest BCUT2D eigenvalue weighted by atomic mass is 10.1. The lowest BCUT2D eigenvalue weighted by Crippen LogP contribution is -2.06. The second kappa shape index (κ2) is 5.68. The standard InChI is InChI=1S/C21H15BrFN3/c1-13-18-11-16(22)4-7-19(18)25-9-8-24-21(25)20-10-15(12-26(13)20)14-2-5-17(23)6-3-14/h2-13H,1H3. The minimum absolute atomic E-state index is 0.147. The summed E-state index contributed by atoms with van der Waals surface area (Å²) in [7, 11) is 0. The monoisotopic (exact) mass is 407 g/mol. The molecule has 4 aromatic rings. The van der Waals surface area contributed by atoms with Crippen LogP contribution in [0.2, 0.25) is 0 Å². The topological polar surface area (TPSA) is 22.8 Å². The predicted molar refractivity (Wildman–Crippen MR) is 104 cm³/mol. The van der Waals surface area contributed by atoms with Crippen LogP contribution in [0.1, 0.15) is 18.5 Å². The van der Waals surface area contributed by atoms with E-state index in [9.17, 15) is 4.39 Å². The van der Waals surface area contributed by atoms with Crippen LogP contribution in [0.25, 0.3) is 28.3 Å². The van der Waals surface area contributed by atoms with E-state index in [1.165, 1.54) is 17.7 Å². The van der Waals surface area contributed by atoms with Crippen LogP contribution in [0.5, 0.6) is 0 Å². The summed E-state index contributed by atoms with van der Waals surface area (Å²) in [5.74, 6) is 0.684. The van der Waals surface area contributed by atoms with Crippen molar-refractivity contribution in [1.82, 2.24) is 14.1 Å². The van der Waals surface area contributed by atoms with Crippen LogP contribution in [0, 0.1) is 5.82 Å². The van der Waals surface area contributed by atoms with E-state index in [2.05, 4.69) is 67.4 Å². The van der Waals surface area contributed by atoms with E-state index >= 15 is 0 Å². The van der Waals surface area contributed by atoms with Gasteiger partial charge in [0.2, 0.25) is 0 Å². The van der Waals surface area contributed by atoms with Crippen molar-refractivity contribution in [2.45, 2.75) is 13.0 Å². The first kappa shape index (κ1) is 15.6. The van der Waals surface area contributed by atoms with Crippen molar-refractivity contribution in [3.8, 4) is 28.3 Å². The van der Waals surface area contributed by atoms with Gasteiger partial charge in [-0.05, 0) is 54.4 Å². The minimum Gasteiger partial charge on any atom is -0.337 e. The Bertz CT molecular complexity index is 1120. The lowest BCUT2D eigenvalue weighted by Gasteiger charge is -2.17. The number of hydrogen-bond acceptors (Lipinski definition) is 1. The van der Waals surface area contributed by atoms with E-state index in [4.69, 9.17) is 0 Å². The van der Waals surface area contributed by atoms with Gasteiger partial charge < -0.3 is 4.57 Å². The first-order chi connectivity index (χ1) is 12.6. The van der Waals surface area contributed by atoms with E-state index in [1.54, 1.807) is 0 Å². The van der Waals surface area contributed by atoms with Crippen LogP contribution in [-0.4, -0.2) is 14.1 Å². The number of halogens is 2. The second-order valence-electron chi connectivity index (χ2n) is 6.53. The summed E-state index contributed by atoms with van der Waals surface area (Å²) in [4.78, 5) is 4.61. The molecule has 1 atom stereocenters. The highest BCUT2D eigenvalue weighted by atomic mass is 79.9. The quantitative estimate of drug-likeness (QED) is 0.389. The molecular formula is C21H15BrFN3. The van der Waals surface area contributed by atoms with Crippen molar-refractivity contribution < 1.29 is 4.39 Å². The van der Waals surface area contributed by atoms with Gasteiger partial charge in [0, 0.05) is 28.6 Å². The van der Waals surface area contributed by atoms with Gasteiger partial charge in [0.1, 0.15) is 5.82 Å². The molecule has 0 saturated heterocycles. The maximum absolute atomic E-state index is 13.3.